The van der Waals surface area contributed by atoms with Crippen LogP contribution < -0.4 is 9.79 Å². The molecule has 0 rings (SSSR count). The summed E-state index contributed by atoms with van der Waals surface area (Å²) >= 11 is 0. The second-order valence-electron chi connectivity index (χ2n) is 9.61. The molecule has 7 heteroatoms. The molecule has 0 N–H and O–H groups in total. The van der Waals surface area contributed by atoms with Crippen LogP contribution in [0.4, 0.5) is 4.20 Å². The van der Waals surface area contributed by atoms with Gasteiger partial charge in [0, 0.05) is 0 Å². The molecule has 0 aromatic carbocycles. The second kappa shape index (κ2) is 23.7. The molecule has 0 heterocycles. The van der Waals surface area contributed by atoms with Gasteiger partial charge < -0.3 is 23.3 Å². The lowest BCUT2D eigenvalue weighted by Crippen LogP contribution is -2.50. The van der Waals surface area contributed by atoms with Crippen LogP contribution in [0.15, 0.2) is 0 Å². The Bertz CT molecular complexity index is 375. The first-order valence-corrected chi connectivity index (χ1v) is 15.3. The molecule has 0 saturated heterocycles. The summed E-state index contributed by atoms with van der Waals surface area (Å²) in [6.45, 7) is 29.7. The van der Waals surface area contributed by atoms with E-state index in [9.17, 15) is 4.20 Å². The van der Waals surface area contributed by atoms with Crippen LogP contribution in [0.25, 0.3) is 0 Å². The lowest BCUT2D eigenvalue weighted by atomic mass is 10.2. The minimum Gasteiger partial charge on any atom is -0.786 e. The summed E-state index contributed by atoms with van der Waals surface area (Å²) in [6, 6.07) is 0. The molecule has 0 atom stereocenters. The molecular formula is C26H60FN2O3P. The average Bonchev–Trinajstić information content (AvgIpc) is 2.71. The molecule has 0 unspecified atom stereocenters. The number of quaternary nitrogens is 2. The molecule has 0 aliphatic rings. The summed E-state index contributed by atoms with van der Waals surface area (Å²) in [4.78, 5) is 16.9. The van der Waals surface area contributed by atoms with Gasteiger partial charge in [0.15, 0.2) is 0 Å². The van der Waals surface area contributed by atoms with Crippen molar-refractivity contribution in [3.05, 3.63) is 0 Å². The highest BCUT2D eigenvalue weighted by molar-refractivity contribution is 7.42. The van der Waals surface area contributed by atoms with Gasteiger partial charge in [0.05, 0.1) is 52.4 Å². The van der Waals surface area contributed by atoms with E-state index in [1.54, 1.807) is 0 Å². The quantitative estimate of drug-likeness (QED) is 0.161. The molecule has 33 heavy (non-hydrogen) atoms. The van der Waals surface area contributed by atoms with E-state index in [-0.39, 0.29) is 0 Å². The number of hydrogen-bond acceptors (Lipinski definition) is 3. The molecule has 0 spiro atoms. The molecule has 5 nitrogen and oxygen atoms in total. The first-order valence-electron chi connectivity index (χ1n) is 13.9. The maximum atomic E-state index is 10.1. The highest BCUT2D eigenvalue weighted by atomic mass is 31.2. The number of rotatable bonds is 18. The Morgan fingerprint density at radius 1 is 0.485 bits per heavy atom. The van der Waals surface area contributed by atoms with E-state index in [4.69, 9.17) is 14.4 Å². The monoisotopic (exact) mass is 498 g/mol. The van der Waals surface area contributed by atoms with Crippen LogP contribution in [-0.2, 0) is 4.57 Å². The van der Waals surface area contributed by atoms with Crippen LogP contribution in [0.5, 0.6) is 0 Å². The second-order valence-corrected chi connectivity index (χ2v) is 10.5. The maximum Gasteiger partial charge on any atom is 0.110 e. The van der Waals surface area contributed by atoms with Crippen LogP contribution >= 0.6 is 7.91 Å². The number of halogens is 1. The van der Waals surface area contributed by atoms with Crippen LogP contribution in [-0.4, -0.2) is 61.3 Å². The largest absolute Gasteiger partial charge is 0.786 e. The van der Waals surface area contributed by atoms with E-state index in [0.717, 1.165) is 0 Å². The first kappa shape index (κ1) is 37.5. The Kier molecular flexibility index (Phi) is 27.0. The predicted molar refractivity (Wildman–Crippen MR) is 140 cm³/mol. The molecule has 0 bridgehead atoms. The van der Waals surface area contributed by atoms with E-state index in [0.29, 0.717) is 0 Å². The minimum atomic E-state index is -5.64. The zero-order valence-electron chi connectivity index (χ0n) is 23.7. The molecule has 0 aromatic rings. The van der Waals surface area contributed by atoms with Crippen molar-refractivity contribution < 1.29 is 27.5 Å². The summed E-state index contributed by atoms with van der Waals surface area (Å²) in [6.07, 6.45) is 13.5. The van der Waals surface area contributed by atoms with Crippen LogP contribution in [0.3, 0.4) is 0 Å². The summed E-state index contributed by atoms with van der Waals surface area (Å²) in [7, 11) is -5.64. The van der Waals surface area contributed by atoms with E-state index in [2.05, 4.69) is 55.4 Å². The SMILES string of the molecule is CCCC[N+](CCC)(CCC)CCC.CCCC[N+](CCC)(CCC)CCC.O=P([O-])([O-])F. The zero-order valence-corrected chi connectivity index (χ0v) is 24.6. The van der Waals surface area contributed by atoms with Gasteiger partial charge in [-0.05, 0) is 51.4 Å². The van der Waals surface area contributed by atoms with Gasteiger partial charge in [0.25, 0.3) is 0 Å². The van der Waals surface area contributed by atoms with Crippen molar-refractivity contribution in [2.24, 2.45) is 0 Å². The number of unbranched alkanes of at least 4 members (excludes halogenated alkanes) is 2. The topological polar surface area (TPSA) is 63.2 Å². The molecule has 204 valence electrons. The van der Waals surface area contributed by atoms with E-state index in [1.165, 1.54) is 126 Å². The average molecular weight is 499 g/mol. The Labute approximate surface area is 207 Å². The molecule has 0 saturated carbocycles. The normalized spacial score (nSPS) is 12.0. The van der Waals surface area contributed by atoms with Gasteiger partial charge in [-0.1, -0.05) is 68.2 Å². The molecule has 0 aromatic heterocycles. The fourth-order valence-electron chi connectivity index (χ4n) is 5.17. The van der Waals surface area contributed by atoms with Gasteiger partial charge in [-0.15, -0.1) is 0 Å². The van der Waals surface area contributed by atoms with Gasteiger partial charge in [-0.2, -0.15) is 0 Å². The van der Waals surface area contributed by atoms with Crippen molar-refractivity contribution >= 4 is 7.91 Å². The van der Waals surface area contributed by atoms with Crippen molar-refractivity contribution in [2.45, 2.75) is 120 Å². The Morgan fingerprint density at radius 2 is 0.667 bits per heavy atom. The lowest BCUT2D eigenvalue weighted by molar-refractivity contribution is -0.928. The Morgan fingerprint density at radius 3 is 0.788 bits per heavy atom. The fourth-order valence-corrected chi connectivity index (χ4v) is 5.17. The smallest absolute Gasteiger partial charge is 0.110 e. The van der Waals surface area contributed by atoms with E-state index < -0.39 is 7.91 Å². The van der Waals surface area contributed by atoms with Crippen molar-refractivity contribution in [2.75, 3.05) is 52.4 Å². The van der Waals surface area contributed by atoms with Gasteiger partial charge in [0.1, 0.15) is 7.91 Å². The van der Waals surface area contributed by atoms with Gasteiger partial charge in [0.2, 0.25) is 0 Å². The highest BCUT2D eigenvalue weighted by Crippen LogP contribution is 2.22. The zero-order chi connectivity index (χ0) is 26.2. The van der Waals surface area contributed by atoms with Crippen molar-refractivity contribution in [3.8, 4) is 0 Å². The van der Waals surface area contributed by atoms with Gasteiger partial charge in [-0.25, -0.2) is 4.20 Å². The summed E-state index contributed by atoms with van der Waals surface area (Å²) < 4.78 is 21.3. The predicted octanol–water partition coefficient (Wildman–Crippen LogP) is 6.45. The fraction of sp³-hybridized carbons (Fsp3) is 1.00. The third-order valence-electron chi connectivity index (χ3n) is 6.16. The summed E-state index contributed by atoms with van der Waals surface area (Å²) in [5, 5.41) is 0. The lowest BCUT2D eigenvalue weighted by Gasteiger charge is -2.38. The first-order chi connectivity index (χ1) is 15.5. The van der Waals surface area contributed by atoms with E-state index >= 15 is 0 Å². The number of nitrogens with zero attached hydrogens (tertiary/aromatic N) is 2. The van der Waals surface area contributed by atoms with Crippen molar-refractivity contribution in [3.63, 3.8) is 0 Å². The van der Waals surface area contributed by atoms with Crippen LogP contribution in [0.2, 0.25) is 0 Å². The molecule has 0 aliphatic carbocycles. The summed E-state index contributed by atoms with van der Waals surface area (Å²) in [5.41, 5.74) is 0. The third kappa shape index (κ3) is 24.9. The minimum absolute atomic E-state index is 1.34. The molecule has 0 radical (unpaired) electrons. The van der Waals surface area contributed by atoms with Crippen LogP contribution in [0, 0.1) is 0 Å². The van der Waals surface area contributed by atoms with Gasteiger partial charge in [-0.3, -0.25) is 0 Å². The van der Waals surface area contributed by atoms with Gasteiger partial charge >= 0.3 is 0 Å². The summed E-state index contributed by atoms with van der Waals surface area (Å²) in [5.74, 6) is 0. The highest BCUT2D eigenvalue weighted by Gasteiger charge is 2.24. The Hall–Kier alpha value is -0.0000000000000000555. The molecular weight excluding hydrogens is 438 g/mol. The molecule has 0 aliphatic heterocycles. The Balaban J connectivity index is -0.000000453. The number of hydrogen-bond donors (Lipinski definition) is 0. The molecule has 0 fully saturated rings. The van der Waals surface area contributed by atoms with Crippen LogP contribution in [0.1, 0.15) is 120 Å². The molecule has 0 amide bonds. The van der Waals surface area contributed by atoms with Crippen molar-refractivity contribution in [1.82, 2.24) is 0 Å². The standard InChI is InChI=1S/2C13H30N.FH2O3P/c2*1-5-9-13-14(10-6-2,11-7-3)12-8-4;1-5(2,3)4/h2*5-13H2,1-4H3;(H2,2,3,4)/q2*+1;/p-2. The van der Waals surface area contributed by atoms with Crippen molar-refractivity contribution in [1.29, 1.82) is 0 Å². The van der Waals surface area contributed by atoms with E-state index in [1.807, 2.05) is 0 Å². The maximum absolute atomic E-state index is 10.1. The third-order valence-corrected chi connectivity index (χ3v) is 6.16.